The summed E-state index contributed by atoms with van der Waals surface area (Å²) in [6, 6.07) is 12.1. The van der Waals surface area contributed by atoms with Crippen molar-refractivity contribution in [3.05, 3.63) is 64.1 Å². The Morgan fingerprint density at radius 2 is 2.00 bits per heavy atom. The maximum Gasteiger partial charge on any atom is 0.287 e. The number of aromatic nitrogens is 2. The molecule has 0 aliphatic heterocycles. The molecule has 0 saturated carbocycles. The van der Waals surface area contributed by atoms with Crippen molar-refractivity contribution in [3.8, 4) is 0 Å². The van der Waals surface area contributed by atoms with E-state index in [2.05, 4.69) is 40.1 Å². The van der Waals surface area contributed by atoms with E-state index in [1.54, 1.807) is 12.1 Å². The first-order chi connectivity index (χ1) is 13.5. The Hall–Kier alpha value is -2.21. The average Bonchev–Trinajstić information content (AvgIpc) is 3.03. The predicted octanol–water partition coefficient (Wildman–Crippen LogP) is 5.54. The van der Waals surface area contributed by atoms with Crippen molar-refractivity contribution < 1.29 is 9.18 Å². The highest BCUT2D eigenvalue weighted by Crippen LogP contribution is 2.22. The van der Waals surface area contributed by atoms with E-state index in [0.29, 0.717) is 24.8 Å². The molecule has 0 unspecified atom stereocenters. The Balaban J connectivity index is 1.87. The molecule has 3 aromatic rings. The normalized spacial score (nSPS) is 12.3. The van der Waals surface area contributed by atoms with E-state index < -0.39 is 0 Å². The maximum absolute atomic E-state index is 13.2. The molecular weight excluding hydrogens is 421 g/mol. The first kappa shape index (κ1) is 20.5. The fourth-order valence-electron chi connectivity index (χ4n) is 3.21. The van der Waals surface area contributed by atoms with Crippen molar-refractivity contribution in [3.63, 3.8) is 0 Å². The van der Waals surface area contributed by atoms with Crippen molar-refractivity contribution in [2.24, 2.45) is 5.92 Å². The summed E-state index contributed by atoms with van der Waals surface area (Å²) in [6.45, 7) is 5.39. The second-order valence-corrected chi connectivity index (χ2v) is 8.15. The van der Waals surface area contributed by atoms with Crippen LogP contribution >= 0.6 is 15.9 Å². The number of nitrogens with one attached hydrogen (secondary N) is 1. The standard InChI is InChI=1S/C22H25BrFN3O/c1-3-4-5-15(2)13-25-22(28)21-26-19-12-17(23)8-11-20(19)27(21)14-16-6-9-18(24)10-7-16/h6-12,15H,3-5,13-14H2,1-2H3,(H,25,28)/t15-/m0/s1. The quantitative estimate of drug-likeness (QED) is 0.494. The second kappa shape index (κ2) is 9.32. The third-order valence-corrected chi connectivity index (χ3v) is 5.32. The van der Waals surface area contributed by atoms with E-state index in [1.165, 1.54) is 12.1 Å². The molecule has 0 saturated heterocycles. The van der Waals surface area contributed by atoms with Crippen molar-refractivity contribution >= 4 is 32.9 Å². The number of hydrogen-bond acceptors (Lipinski definition) is 2. The van der Waals surface area contributed by atoms with E-state index in [0.717, 1.165) is 40.3 Å². The summed E-state index contributed by atoms with van der Waals surface area (Å²) < 4.78 is 16.0. The number of halogens is 2. The molecule has 28 heavy (non-hydrogen) atoms. The van der Waals surface area contributed by atoms with Gasteiger partial charge in [-0.25, -0.2) is 9.37 Å². The number of unbranched alkanes of at least 4 members (excludes halogenated alkanes) is 1. The Kier molecular flexibility index (Phi) is 6.83. The Morgan fingerprint density at radius 3 is 2.71 bits per heavy atom. The largest absolute Gasteiger partial charge is 0.349 e. The molecule has 0 bridgehead atoms. The molecule has 6 heteroatoms. The summed E-state index contributed by atoms with van der Waals surface area (Å²) in [6.07, 6.45) is 3.41. The summed E-state index contributed by atoms with van der Waals surface area (Å²) in [5.74, 6) is 0.341. The molecular formula is C22H25BrFN3O. The molecule has 1 amide bonds. The van der Waals surface area contributed by atoms with E-state index in [1.807, 2.05) is 22.8 Å². The summed E-state index contributed by atoms with van der Waals surface area (Å²) in [5, 5.41) is 3.02. The van der Waals surface area contributed by atoms with Crippen LogP contribution in [0.1, 0.15) is 49.3 Å². The lowest BCUT2D eigenvalue weighted by atomic mass is 10.0. The third-order valence-electron chi connectivity index (χ3n) is 4.83. The summed E-state index contributed by atoms with van der Waals surface area (Å²) in [7, 11) is 0. The maximum atomic E-state index is 13.2. The van der Waals surface area contributed by atoms with Gasteiger partial charge < -0.3 is 9.88 Å². The summed E-state index contributed by atoms with van der Waals surface area (Å²) in [4.78, 5) is 17.5. The van der Waals surface area contributed by atoms with Crippen LogP contribution in [0, 0.1) is 11.7 Å². The topological polar surface area (TPSA) is 46.9 Å². The van der Waals surface area contributed by atoms with Gasteiger partial charge in [0.15, 0.2) is 5.82 Å². The monoisotopic (exact) mass is 445 g/mol. The molecule has 1 heterocycles. The minimum Gasteiger partial charge on any atom is -0.349 e. The molecule has 3 rings (SSSR count). The first-order valence-corrected chi connectivity index (χ1v) is 10.5. The van der Waals surface area contributed by atoms with E-state index in [4.69, 9.17) is 0 Å². The molecule has 0 spiro atoms. The second-order valence-electron chi connectivity index (χ2n) is 7.24. The minimum atomic E-state index is -0.276. The number of fused-ring (bicyclic) bond motifs is 1. The smallest absolute Gasteiger partial charge is 0.287 e. The van der Waals surface area contributed by atoms with Crippen molar-refractivity contribution in [2.75, 3.05) is 6.54 Å². The van der Waals surface area contributed by atoms with Crippen molar-refractivity contribution in [1.82, 2.24) is 14.9 Å². The molecule has 4 nitrogen and oxygen atoms in total. The third kappa shape index (κ3) is 4.98. The number of amides is 1. The Bertz CT molecular complexity index is 952. The molecule has 148 valence electrons. The van der Waals surface area contributed by atoms with E-state index >= 15 is 0 Å². The van der Waals surface area contributed by atoms with Crippen molar-refractivity contribution in [2.45, 2.75) is 39.7 Å². The van der Waals surface area contributed by atoms with Crippen LogP contribution in [-0.4, -0.2) is 22.0 Å². The zero-order chi connectivity index (χ0) is 20.1. The highest BCUT2D eigenvalue weighted by atomic mass is 79.9. The zero-order valence-electron chi connectivity index (χ0n) is 16.2. The first-order valence-electron chi connectivity index (χ1n) is 9.66. The predicted molar refractivity (Wildman–Crippen MR) is 114 cm³/mol. The van der Waals surface area contributed by atoms with E-state index in [9.17, 15) is 9.18 Å². The molecule has 0 aliphatic carbocycles. The Labute approximate surface area is 173 Å². The van der Waals surface area contributed by atoms with E-state index in [-0.39, 0.29) is 11.7 Å². The molecule has 1 aromatic heterocycles. The van der Waals surface area contributed by atoms with Gasteiger partial charge in [0.1, 0.15) is 5.82 Å². The van der Waals surface area contributed by atoms with Gasteiger partial charge in [-0.1, -0.05) is 54.8 Å². The van der Waals surface area contributed by atoms with Gasteiger partial charge in [-0.05, 0) is 48.2 Å². The number of benzene rings is 2. The van der Waals surface area contributed by atoms with Gasteiger partial charge >= 0.3 is 0 Å². The fraction of sp³-hybridized carbons (Fsp3) is 0.364. The van der Waals surface area contributed by atoms with Crippen LogP contribution in [0.3, 0.4) is 0 Å². The molecule has 0 fully saturated rings. The number of imidazole rings is 1. The number of carbonyl (C=O) groups is 1. The highest BCUT2D eigenvalue weighted by Gasteiger charge is 2.18. The van der Waals surface area contributed by atoms with Crippen LogP contribution in [0.15, 0.2) is 46.9 Å². The molecule has 2 aromatic carbocycles. The van der Waals surface area contributed by atoms with Crippen LogP contribution in [0.4, 0.5) is 4.39 Å². The number of rotatable bonds is 8. The van der Waals surface area contributed by atoms with Crippen LogP contribution in [0.5, 0.6) is 0 Å². The van der Waals surface area contributed by atoms with Gasteiger partial charge in [-0.15, -0.1) is 0 Å². The van der Waals surface area contributed by atoms with Gasteiger partial charge in [0.2, 0.25) is 0 Å². The summed E-state index contributed by atoms with van der Waals surface area (Å²) >= 11 is 3.46. The molecule has 0 aliphatic rings. The van der Waals surface area contributed by atoms with Crippen LogP contribution in [0.2, 0.25) is 0 Å². The molecule has 1 N–H and O–H groups in total. The lowest BCUT2D eigenvalue weighted by Crippen LogP contribution is -2.30. The SMILES string of the molecule is CCCC[C@H](C)CNC(=O)c1nc2cc(Br)ccc2n1Cc1ccc(F)cc1. The van der Waals surface area contributed by atoms with Gasteiger partial charge in [-0.2, -0.15) is 0 Å². The zero-order valence-corrected chi connectivity index (χ0v) is 17.8. The van der Waals surface area contributed by atoms with Crippen LogP contribution in [-0.2, 0) is 6.54 Å². The summed E-state index contributed by atoms with van der Waals surface area (Å²) in [5.41, 5.74) is 2.53. The number of carbonyl (C=O) groups excluding carboxylic acids is 1. The minimum absolute atomic E-state index is 0.183. The van der Waals surface area contributed by atoms with Gasteiger partial charge in [0, 0.05) is 17.6 Å². The fourth-order valence-corrected chi connectivity index (χ4v) is 3.56. The lowest BCUT2D eigenvalue weighted by Gasteiger charge is -2.13. The van der Waals surface area contributed by atoms with Crippen LogP contribution < -0.4 is 5.32 Å². The number of nitrogens with zero attached hydrogens (tertiary/aromatic N) is 2. The van der Waals surface area contributed by atoms with Crippen LogP contribution in [0.25, 0.3) is 11.0 Å². The Morgan fingerprint density at radius 1 is 1.25 bits per heavy atom. The molecule has 0 radical (unpaired) electrons. The number of hydrogen-bond donors (Lipinski definition) is 1. The van der Waals surface area contributed by atoms with Gasteiger partial charge in [0.05, 0.1) is 11.0 Å². The van der Waals surface area contributed by atoms with Gasteiger partial charge in [0.25, 0.3) is 5.91 Å². The van der Waals surface area contributed by atoms with Gasteiger partial charge in [-0.3, -0.25) is 4.79 Å². The lowest BCUT2D eigenvalue weighted by molar-refractivity contribution is 0.0933. The van der Waals surface area contributed by atoms with Crippen molar-refractivity contribution in [1.29, 1.82) is 0 Å². The highest BCUT2D eigenvalue weighted by molar-refractivity contribution is 9.10. The molecule has 1 atom stereocenters. The average molecular weight is 446 g/mol.